The minimum absolute atomic E-state index is 0.0196. The molecule has 0 spiro atoms. The minimum Gasteiger partial charge on any atom is -0.480 e. The van der Waals surface area contributed by atoms with E-state index < -0.39 is 35.1 Å². The number of amides is 1. The predicted octanol–water partition coefficient (Wildman–Crippen LogP) is 0.890. The molecule has 1 aliphatic heterocycles. The maximum Gasteiger partial charge on any atom is 0.328 e. The van der Waals surface area contributed by atoms with Crippen molar-refractivity contribution in [3.8, 4) is 0 Å². The van der Waals surface area contributed by atoms with E-state index in [0.717, 1.165) is 23.1 Å². The van der Waals surface area contributed by atoms with Gasteiger partial charge in [-0.3, -0.25) is 4.79 Å². The predicted molar refractivity (Wildman–Crippen MR) is 59.6 cm³/mol. The van der Waals surface area contributed by atoms with E-state index in [9.17, 15) is 18.4 Å². The molecule has 1 atom stereocenters. The number of ether oxygens (including phenoxy) is 1. The first kappa shape index (κ1) is 13.4. The van der Waals surface area contributed by atoms with Gasteiger partial charge < -0.3 is 14.7 Å². The van der Waals surface area contributed by atoms with E-state index in [1.807, 2.05) is 0 Å². The van der Waals surface area contributed by atoms with Crippen molar-refractivity contribution < 1.29 is 28.2 Å². The highest BCUT2D eigenvalue weighted by Crippen LogP contribution is 2.16. The topological polar surface area (TPSA) is 66.8 Å². The third-order valence-corrected chi connectivity index (χ3v) is 2.83. The van der Waals surface area contributed by atoms with Crippen LogP contribution in [0.4, 0.5) is 8.78 Å². The van der Waals surface area contributed by atoms with Gasteiger partial charge in [0.15, 0.2) is 6.04 Å². The van der Waals surface area contributed by atoms with Crippen LogP contribution in [0.3, 0.4) is 0 Å². The Morgan fingerprint density at radius 1 is 1.37 bits per heavy atom. The second kappa shape index (κ2) is 5.31. The Kier molecular flexibility index (Phi) is 3.75. The van der Waals surface area contributed by atoms with Crippen molar-refractivity contribution >= 4 is 11.9 Å². The number of aliphatic carboxylic acids is 1. The van der Waals surface area contributed by atoms with Crippen molar-refractivity contribution in [3.05, 3.63) is 35.4 Å². The van der Waals surface area contributed by atoms with Gasteiger partial charge in [-0.05, 0) is 18.2 Å². The number of morpholine rings is 1. The zero-order valence-corrected chi connectivity index (χ0v) is 9.81. The Hall–Kier alpha value is -2.02. The van der Waals surface area contributed by atoms with Crippen LogP contribution in [0.15, 0.2) is 18.2 Å². The average Bonchev–Trinajstić information content (AvgIpc) is 2.40. The van der Waals surface area contributed by atoms with Crippen molar-refractivity contribution in [2.75, 3.05) is 19.8 Å². The summed E-state index contributed by atoms with van der Waals surface area (Å²) >= 11 is 0. The van der Waals surface area contributed by atoms with Crippen LogP contribution in [0.5, 0.6) is 0 Å². The Balaban J connectivity index is 2.31. The molecular weight excluding hydrogens is 260 g/mol. The fraction of sp³-hybridized carbons (Fsp3) is 0.333. The number of carbonyl (C=O) groups is 2. The van der Waals surface area contributed by atoms with E-state index in [0.29, 0.717) is 0 Å². The lowest BCUT2D eigenvalue weighted by atomic mass is 10.1. The van der Waals surface area contributed by atoms with Gasteiger partial charge >= 0.3 is 5.97 Å². The van der Waals surface area contributed by atoms with Crippen molar-refractivity contribution in [2.45, 2.75) is 6.04 Å². The lowest BCUT2D eigenvalue weighted by Gasteiger charge is -2.32. The summed E-state index contributed by atoms with van der Waals surface area (Å²) in [7, 11) is 0. The highest BCUT2D eigenvalue weighted by molar-refractivity contribution is 5.97. The van der Waals surface area contributed by atoms with Gasteiger partial charge in [0.05, 0.1) is 18.8 Å². The first-order valence-electron chi connectivity index (χ1n) is 5.57. The highest BCUT2D eigenvalue weighted by atomic mass is 19.1. The van der Waals surface area contributed by atoms with E-state index in [2.05, 4.69) is 0 Å². The van der Waals surface area contributed by atoms with Crippen molar-refractivity contribution in [3.63, 3.8) is 0 Å². The van der Waals surface area contributed by atoms with Crippen LogP contribution in [-0.2, 0) is 9.53 Å². The fourth-order valence-corrected chi connectivity index (χ4v) is 1.87. The summed E-state index contributed by atoms with van der Waals surface area (Å²) in [5.41, 5.74) is -0.479. The highest BCUT2D eigenvalue weighted by Gasteiger charge is 2.34. The molecule has 1 heterocycles. The molecule has 0 saturated carbocycles. The molecule has 0 unspecified atom stereocenters. The summed E-state index contributed by atoms with van der Waals surface area (Å²) in [6.45, 7) is 0.0101. The van der Waals surface area contributed by atoms with Crippen LogP contribution >= 0.6 is 0 Å². The normalized spacial score (nSPS) is 19.3. The number of carbonyl (C=O) groups excluding carboxylic acids is 1. The Morgan fingerprint density at radius 2 is 2.11 bits per heavy atom. The molecule has 19 heavy (non-hydrogen) atoms. The van der Waals surface area contributed by atoms with Gasteiger partial charge in [-0.1, -0.05) is 0 Å². The quantitative estimate of drug-likeness (QED) is 0.867. The first-order chi connectivity index (χ1) is 9.00. The van der Waals surface area contributed by atoms with Crippen molar-refractivity contribution in [1.29, 1.82) is 0 Å². The molecule has 0 aliphatic carbocycles. The zero-order valence-electron chi connectivity index (χ0n) is 9.81. The van der Waals surface area contributed by atoms with E-state index in [1.165, 1.54) is 0 Å². The number of carboxylic acid groups (broad SMARTS) is 1. The van der Waals surface area contributed by atoms with E-state index in [1.54, 1.807) is 0 Å². The van der Waals surface area contributed by atoms with Gasteiger partial charge in [0.1, 0.15) is 11.6 Å². The lowest BCUT2D eigenvalue weighted by Crippen LogP contribution is -2.52. The number of hydrogen-bond acceptors (Lipinski definition) is 3. The molecule has 102 valence electrons. The van der Waals surface area contributed by atoms with Crippen molar-refractivity contribution in [2.24, 2.45) is 0 Å². The summed E-state index contributed by atoms with van der Waals surface area (Å²) in [6, 6.07) is 1.29. The van der Waals surface area contributed by atoms with Gasteiger partial charge in [-0.15, -0.1) is 0 Å². The molecule has 1 amide bonds. The van der Waals surface area contributed by atoms with Gasteiger partial charge in [-0.2, -0.15) is 0 Å². The molecule has 2 rings (SSSR count). The number of hydrogen-bond donors (Lipinski definition) is 1. The maximum atomic E-state index is 13.5. The van der Waals surface area contributed by atoms with Crippen LogP contribution in [0.25, 0.3) is 0 Å². The first-order valence-corrected chi connectivity index (χ1v) is 5.57. The van der Waals surface area contributed by atoms with Gasteiger partial charge in [0.25, 0.3) is 5.91 Å². The largest absolute Gasteiger partial charge is 0.480 e. The molecule has 1 aromatic rings. The molecule has 5 nitrogen and oxygen atoms in total. The SMILES string of the molecule is O=C(O)[C@@H]1COCCN1C(=O)c1cc(F)ccc1F. The molecule has 0 bridgehead atoms. The molecule has 1 fully saturated rings. The molecule has 0 aromatic heterocycles. The second-order valence-electron chi connectivity index (χ2n) is 4.05. The van der Waals surface area contributed by atoms with Crippen LogP contribution < -0.4 is 0 Å². The van der Waals surface area contributed by atoms with Crippen LogP contribution in [-0.4, -0.2) is 47.7 Å². The maximum absolute atomic E-state index is 13.5. The Bertz CT molecular complexity index is 520. The molecule has 7 heteroatoms. The molecule has 1 aliphatic rings. The van der Waals surface area contributed by atoms with Crippen LogP contribution in [0, 0.1) is 11.6 Å². The van der Waals surface area contributed by atoms with Gasteiger partial charge in [0.2, 0.25) is 0 Å². The average molecular weight is 271 g/mol. The smallest absolute Gasteiger partial charge is 0.328 e. The van der Waals surface area contributed by atoms with Crippen LogP contribution in [0.1, 0.15) is 10.4 Å². The zero-order chi connectivity index (χ0) is 14.0. The Morgan fingerprint density at radius 3 is 2.79 bits per heavy atom. The minimum atomic E-state index is -1.25. The number of carboxylic acids is 1. The number of halogens is 2. The van der Waals surface area contributed by atoms with Gasteiger partial charge in [0, 0.05) is 6.54 Å². The van der Waals surface area contributed by atoms with E-state index >= 15 is 0 Å². The second-order valence-corrected chi connectivity index (χ2v) is 4.05. The molecule has 0 radical (unpaired) electrons. The monoisotopic (exact) mass is 271 g/mol. The summed E-state index contributed by atoms with van der Waals surface area (Å²) in [4.78, 5) is 24.1. The molecule has 1 aromatic carbocycles. The standard InChI is InChI=1S/C12H11F2NO4/c13-7-1-2-9(14)8(5-7)11(16)15-3-4-19-6-10(15)12(17)18/h1-2,5,10H,3-4,6H2,(H,17,18)/t10-/m0/s1. The fourth-order valence-electron chi connectivity index (χ4n) is 1.87. The summed E-state index contributed by atoms with van der Waals surface area (Å²) in [5.74, 6) is -3.75. The number of nitrogens with zero attached hydrogens (tertiary/aromatic N) is 1. The summed E-state index contributed by atoms with van der Waals surface area (Å²) in [5, 5.41) is 8.99. The Labute approximate surface area is 107 Å². The van der Waals surface area contributed by atoms with Gasteiger partial charge in [-0.25, -0.2) is 13.6 Å². The molecular formula is C12H11F2NO4. The van der Waals surface area contributed by atoms with E-state index in [-0.39, 0.29) is 19.8 Å². The molecule has 1 N–H and O–H groups in total. The summed E-state index contributed by atoms with van der Waals surface area (Å²) in [6.07, 6.45) is 0. The van der Waals surface area contributed by atoms with E-state index in [4.69, 9.17) is 9.84 Å². The third kappa shape index (κ3) is 2.70. The number of benzene rings is 1. The third-order valence-electron chi connectivity index (χ3n) is 2.83. The van der Waals surface area contributed by atoms with Crippen LogP contribution in [0.2, 0.25) is 0 Å². The number of rotatable bonds is 2. The molecule has 1 saturated heterocycles. The summed E-state index contributed by atoms with van der Waals surface area (Å²) < 4.78 is 31.5. The lowest BCUT2D eigenvalue weighted by molar-refractivity contribution is -0.147. The van der Waals surface area contributed by atoms with Crippen molar-refractivity contribution in [1.82, 2.24) is 4.90 Å².